The van der Waals surface area contributed by atoms with Gasteiger partial charge in [0.2, 0.25) is 11.9 Å². The number of para-hydroxylation sites is 2. The van der Waals surface area contributed by atoms with Crippen LogP contribution in [0.25, 0.3) is 11.0 Å². The van der Waals surface area contributed by atoms with E-state index in [1.165, 1.54) is 32.6 Å². The number of carbonyl (C=O) groups is 1. The molecule has 0 saturated heterocycles. The molecule has 0 atom stereocenters. The molecule has 1 amide bonds. The van der Waals surface area contributed by atoms with Crippen molar-refractivity contribution in [1.82, 2.24) is 9.55 Å². The molecule has 1 heterocycles. The molecule has 0 unspecified atom stereocenters. The van der Waals surface area contributed by atoms with Crippen LogP contribution in [0.2, 0.25) is 0 Å². The van der Waals surface area contributed by atoms with Gasteiger partial charge in [-0.3, -0.25) is 10.1 Å². The number of hydrogen-bond donors (Lipinski definition) is 1. The molecule has 1 aliphatic rings. The smallest absolute Gasteiger partial charge is 0.223 e. The van der Waals surface area contributed by atoms with Gasteiger partial charge in [-0.2, -0.15) is 0 Å². The monoisotopic (exact) mass is 243 g/mol. The number of carbonyl (C=O) groups excluding carboxylic acids is 1. The predicted molar refractivity (Wildman–Crippen MR) is 71.5 cm³/mol. The average Bonchev–Trinajstić information content (AvgIpc) is 2.93. The number of imidazole rings is 1. The van der Waals surface area contributed by atoms with Crippen molar-refractivity contribution in [2.45, 2.75) is 38.6 Å². The molecule has 1 aromatic carbocycles. The Hall–Kier alpha value is -1.84. The van der Waals surface area contributed by atoms with Crippen molar-refractivity contribution in [3.8, 4) is 0 Å². The fraction of sp³-hybridized carbons (Fsp3) is 0.429. The Morgan fingerprint density at radius 2 is 2.06 bits per heavy atom. The standard InChI is InChI=1S/C14H17N3O/c1-10(18)15-14-16-12-8-4-5-9-13(12)17(14)11-6-2-3-7-11/h4-5,8-9,11H,2-3,6-7H2,1H3,(H,15,16,18). The third kappa shape index (κ3) is 1.88. The van der Waals surface area contributed by atoms with E-state index in [0.29, 0.717) is 12.0 Å². The summed E-state index contributed by atoms with van der Waals surface area (Å²) in [5.74, 6) is 0.625. The van der Waals surface area contributed by atoms with Crippen LogP contribution >= 0.6 is 0 Å². The molecule has 0 aliphatic heterocycles. The van der Waals surface area contributed by atoms with Crippen molar-refractivity contribution in [2.75, 3.05) is 5.32 Å². The van der Waals surface area contributed by atoms with E-state index in [2.05, 4.69) is 20.9 Å². The highest BCUT2D eigenvalue weighted by Crippen LogP contribution is 2.35. The lowest BCUT2D eigenvalue weighted by atomic mass is 10.2. The van der Waals surface area contributed by atoms with E-state index in [4.69, 9.17) is 0 Å². The first-order valence-electron chi connectivity index (χ1n) is 6.50. The number of rotatable bonds is 2. The van der Waals surface area contributed by atoms with Crippen LogP contribution in [-0.2, 0) is 4.79 Å². The molecule has 4 nitrogen and oxygen atoms in total. The lowest BCUT2D eigenvalue weighted by molar-refractivity contribution is -0.114. The predicted octanol–water partition coefficient (Wildman–Crippen LogP) is 3.11. The summed E-state index contributed by atoms with van der Waals surface area (Å²) < 4.78 is 2.20. The molecule has 0 spiro atoms. The Bertz CT molecular complexity index is 582. The van der Waals surface area contributed by atoms with Crippen LogP contribution in [0.5, 0.6) is 0 Å². The highest BCUT2D eigenvalue weighted by Gasteiger charge is 2.22. The summed E-state index contributed by atoms with van der Waals surface area (Å²) >= 11 is 0. The van der Waals surface area contributed by atoms with Crippen LogP contribution in [0.15, 0.2) is 24.3 Å². The number of anilines is 1. The van der Waals surface area contributed by atoms with Crippen molar-refractivity contribution in [2.24, 2.45) is 0 Å². The summed E-state index contributed by atoms with van der Waals surface area (Å²) in [6.07, 6.45) is 4.87. The highest BCUT2D eigenvalue weighted by atomic mass is 16.1. The molecule has 2 aromatic rings. The zero-order valence-electron chi connectivity index (χ0n) is 10.5. The second-order valence-electron chi connectivity index (χ2n) is 4.91. The van der Waals surface area contributed by atoms with Gasteiger partial charge in [-0.1, -0.05) is 25.0 Å². The molecule has 1 aromatic heterocycles. The van der Waals surface area contributed by atoms with E-state index in [-0.39, 0.29) is 5.91 Å². The van der Waals surface area contributed by atoms with Crippen LogP contribution in [0.3, 0.4) is 0 Å². The van der Waals surface area contributed by atoms with E-state index in [9.17, 15) is 4.79 Å². The Kier molecular flexibility index (Phi) is 2.78. The van der Waals surface area contributed by atoms with Crippen molar-refractivity contribution >= 4 is 22.9 Å². The maximum atomic E-state index is 11.3. The minimum Gasteiger partial charge on any atom is -0.307 e. The molecule has 18 heavy (non-hydrogen) atoms. The molecule has 0 bridgehead atoms. The SMILES string of the molecule is CC(=O)Nc1nc2ccccc2n1C1CCCC1. The van der Waals surface area contributed by atoms with Crippen molar-refractivity contribution in [3.05, 3.63) is 24.3 Å². The number of aromatic nitrogens is 2. The van der Waals surface area contributed by atoms with E-state index >= 15 is 0 Å². The van der Waals surface area contributed by atoms with Crippen LogP contribution < -0.4 is 5.32 Å². The van der Waals surface area contributed by atoms with Crippen molar-refractivity contribution in [1.29, 1.82) is 0 Å². The molecule has 0 radical (unpaired) electrons. The van der Waals surface area contributed by atoms with Gasteiger partial charge in [0.15, 0.2) is 0 Å². The third-order valence-electron chi connectivity index (χ3n) is 3.57. The minimum atomic E-state index is -0.0652. The van der Waals surface area contributed by atoms with Gasteiger partial charge in [0.1, 0.15) is 0 Å². The van der Waals surface area contributed by atoms with Crippen molar-refractivity contribution < 1.29 is 4.79 Å². The van der Waals surface area contributed by atoms with E-state index in [0.717, 1.165) is 11.0 Å². The second kappa shape index (κ2) is 4.44. The van der Waals surface area contributed by atoms with Crippen LogP contribution in [-0.4, -0.2) is 15.5 Å². The molecular formula is C14H17N3O. The van der Waals surface area contributed by atoms with Crippen molar-refractivity contribution in [3.63, 3.8) is 0 Å². The number of benzene rings is 1. The lowest BCUT2D eigenvalue weighted by Gasteiger charge is -2.15. The number of hydrogen-bond acceptors (Lipinski definition) is 2. The van der Waals surface area contributed by atoms with Gasteiger partial charge in [0.25, 0.3) is 0 Å². The highest BCUT2D eigenvalue weighted by molar-refractivity contribution is 5.89. The van der Waals surface area contributed by atoms with Gasteiger partial charge < -0.3 is 4.57 Å². The van der Waals surface area contributed by atoms with Crippen LogP contribution in [0, 0.1) is 0 Å². The summed E-state index contributed by atoms with van der Waals surface area (Å²) in [6.45, 7) is 1.53. The Balaban J connectivity index is 2.13. The third-order valence-corrected chi connectivity index (χ3v) is 3.57. The van der Waals surface area contributed by atoms with E-state index in [1.807, 2.05) is 18.2 Å². The molecule has 3 rings (SSSR count). The average molecular weight is 243 g/mol. The first-order valence-corrected chi connectivity index (χ1v) is 6.50. The minimum absolute atomic E-state index is 0.0652. The summed E-state index contributed by atoms with van der Waals surface area (Å²) in [5, 5.41) is 2.85. The Morgan fingerprint density at radius 3 is 2.78 bits per heavy atom. The maximum Gasteiger partial charge on any atom is 0.223 e. The molecule has 1 saturated carbocycles. The zero-order chi connectivity index (χ0) is 12.5. The molecular weight excluding hydrogens is 226 g/mol. The fourth-order valence-corrected chi connectivity index (χ4v) is 2.82. The normalized spacial score (nSPS) is 16.3. The fourth-order valence-electron chi connectivity index (χ4n) is 2.82. The largest absolute Gasteiger partial charge is 0.307 e. The van der Waals surface area contributed by atoms with E-state index in [1.54, 1.807) is 0 Å². The zero-order valence-corrected chi connectivity index (χ0v) is 10.5. The molecule has 1 fully saturated rings. The Morgan fingerprint density at radius 1 is 1.33 bits per heavy atom. The Labute approximate surface area is 106 Å². The van der Waals surface area contributed by atoms with Gasteiger partial charge >= 0.3 is 0 Å². The number of nitrogens with one attached hydrogen (secondary N) is 1. The van der Waals surface area contributed by atoms with Gasteiger partial charge in [-0.15, -0.1) is 0 Å². The van der Waals surface area contributed by atoms with Gasteiger partial charge in [-0.05, 0) is 25.0 Å². The quantitative estimate of drug-likeness (QED) is 0.881. The summed E-state index contributed by atoms with van der Waals surface area (Å²) in [6, 6.07) is 8.54. The summed E-state index contributed by atoms with van der Waals surface area (Å²) in [4.78, 5) is 15.8. The van der Waals surface area contributed by atoms with Gasteiger partial charge in [0, 0.05) is 13.0 Å². The molecule has 4 heteroatoms. The van der Waals surface area contributed by atoms with Gasteiger partial charge in [0.05, 0.1) is 11.0 Å². The van der Waals surface area contributed by atoms with Gasteiger partial charge in [-0.25, -0.2) is 4.98 Å². The van der Waals surface area contributed by atoms with Crippen LogP contribution in [0.4, 0.5) is 5.95 Å². The maximum absolute atomic E-state index is 11.3. The van der Waals surface area contributed by atoms with E-state index < -0.39 is 0 Å². The number of nitrogens with zero attached hydrogens (tertiary/aromatic N) is 2. The summed E-state index contributed by atoms with van der Waals surface area (Å²) in [7, 11) is 0. The summed E-state index contributed by atoms with van der Waals surface area (Å²) in [5.41, 5.74) is 2.07. The molecule has 94 valence electrons. The first kappa shape index (κ1) is 11.3. The topological polar surface area (TPSA) is 46.9 Å². The molecule has 1 N–H and O–H groups in total. The molecule has 1 aliphatic carbocycles. The number of amides is 1. The lowest BCUT2D eigenvalue weighted by Crippen LogP contribution is -2.14. The number of fused-ring (bicyclic) bond motifs is 1. The second-order valence-corrected chi connectivity index (χ2v) is 4.91. The van der Waals surface area contributed by atoms with Crippen LogP contribution in [0.1, 0.15) is 38.6 Å². The first-order chi connectivity index (χ1) is 8.75.